The minimum atomic E-state index is 0.321. The van der Waals surface area contributed by atoms with Crippen LogP contribution in [0.3, 0.4) is 0 Å². The highest BCUT2D eigenvalue weighted by molar-refractivity contribution is 4.89. The van der Waals surface area contributed by atoms with Crippen molar-refractivity contribution in [2.24, 2.45) is 0 Å². The first-order valence-corrected chi connectivity index (χ1v) is 4.01. The number of nitriles is 1. The van der Waals surface area contributed by atoms with Gasteiger partial charge < -0.3 is 0 Å². The van der Waals surface area contributed by atoms with E-state index < -0.39 is 0 Å². The average molecular weight is 164 g/mol. The van der Waals surface area contributed by atoms with Crippen molar-refractivity contribution in [2.45, 2.75) is 32.7 Å². The van der Waals surface area contributed by atoms with Crippen LogP contribution in [0.15, 0.2) is 6.33 Å². The smallest absolute Gasteiger partial charge is 0.138 e. The van der Waals surface area contributed by atoms with Gasteiger partial charge in [-0.25, -0.2) is 9.67 Å². The molecule has 0 saturated heterocycles. The quantitative estimate of drug-likeness (QED) is 0.676. The minimum absolute atomic E-state index is 0.321. The van der Waals surface area contributed by atoms with Crippen molar-refractivity contribution in [3.63, 3.8) is 0 Å². The molecule has 0 radical (unpaired) electrons. The molecule has 0 aromatic carbocycles. The number of hydrogen-bond acceptors (Lipinski definition) is 3. The second-order valence-corrected chi connectivity index (χ2v) is 2.87. The summed E-state index contributed by atoms with van der Waals surface area (Å²) in [5, 5.41) is 12.5. The molecule has 0 N–H and O–H groups in total. The Balaban J connectivity index is 2.72. The fraction of sp³-hybridized carbons (Fsp3) is 0.625. The summed E-state index contributed by atoms with van der Waals surface area (Å²) < 4.78 is 1.84. The van der Waals surface area contributed by atoms with Crippen molar-refractivity contribution in [3.8, 4) is 6.07 Å². The van der Waals surface area contributed by atoms with E-state index in [0.29, 0.717) is 18.9 Å². The molecule has 0 unspecified atom stereocenters. The molecule has 0 bridgehead atoms. The van der Waals surface area contributed by atoms with Gasteiger partial charge in [0, 0.05) is 18.9 Å². The van der Waals surface area contributed by atoms with Gasteiger partial charge in [-0.15, -0.1) is 0 Å². The van der Waals surface area contributed by atoms with Gasteiger partial charge in [0.15, 0.2) is 0 Å². The fourth-order valence-corrected chi connectivity index (χ4v) is 1.05. The minimum Gasteiger partial charge on any atom is -0.248 e. The van der Waals surface area contributed by atoms with Gasteiger partial charge in [-0.3, -0.25) is 0 Å². The van der Waals surface area contributed by atoms with Crippen LogP contribution >= 0.6 is 0 Å². The van der Waals surface area contributed by atoms with Gasteiger partial charge in [-0.2, -0.15) is 10.4 Å². The summed E-state index contributed by atoms with van der Waals surface area (Å²) in [5.41, 5.74) is 0. The molecule has 0 aliphatic carbocycles. The maximum Gasteiger partial charge on any atom is 0.138 e. The molecule has 64 valence electrons. The first-order valence-electron chi connectivity index (χ1n) is 4.01. The monoisotopic (exact) mass is 164 g/mol. The van der Waals surface area contributed by atoms with Gasteiger partial charge in [0.05, 0.1) is 6.07 Å². The van der Waals surface area contributed by atoms with E-state index in [9.17, 15) is 0 Å². The van der Waals surface area contributed by atoms with Crippen LogP contribution in [0, 0.1) is 11.3 Å². The molecule has 1 rings (SSSR count). The van der Waals surface area contributed by atoms with Crippen molar-refractivity contribution in [2.75, 3.05) is 0 Å². The van der Waals surface area contributed by atoms with E-state index in [-0.39, 0.29) is 0 Å². The van der Waals surface area contributed by atoms with Gasteiger partial charge in [0.25, 0.3) is 0 Å². The Hall–Kier alpha value is -1.37. The summed E-state index contributed by atoms with van der Waals surface area (Å²) in [4.78, 5) is 4.08. The summed E-state index contributed by atoms with van der Waals surface area (Å²) in [7, 11) is 0. The number of aryl methyl sites for hydroxylation is 1. The third kappa shape index (κ3) is 1.82. The molecule has 4 heteroatoms. The highest BCUT2D eigenvalue weighted by atomic mass is 15.3. The molecular weight excluding hydrogens is 152 g/mol. The number of nitrogens with zero attached hydrogens (tertiary/aromatic N) is 4. The van der Waals surface area contributed by atoms with Gasteiger partial charge in [0.1, 0.15) is 12.2 Å². The standard InChI is InChI=1S/C8H12N4/c1-7(2)12-8(4-3-5-9)10-6-11-12/h6-7H,3-4H2,1-2H3. The Kier molecular flexibility index (Phi) is 2.81. The summed E-state index contributed by atoms with van der Waals surface area (Å²) in [6, 6.07) is 2.41. The Bertz CT molecular complexity index is 281. The Morgan fingerprint density at radius 2 is 2.42 bits per heavy atom. The molecule has 0 saturated carbocycles. The summed E-state index contributed by atoms with van der Waals surface area (Å²) in [5.74, 6) is 0.895. The van der Waals surface area contributed by atoms with Crippen LogP contribution < -0.4 is 0 Å². The number of aromatic nitrogens is 3. The van der Waals surface area contributed by atoms with Gasteiger partial charge in [-0.1, -0.05) is 0 Å². The summed E-state index contributed by atoms with van der Waals surface area (Å²) in [6.45, 7) is 4.09. The normalized spacial score (nSPS) is 10.2. The molecule has 0 amide bonds. The zero-order valence-corrected chi connectivity index (χ0v) is 7.36. The van der Waals surface area contributed by atoms with Crippen LogP contribution in [0.1, 0.15) is 32.1 Å². The molecule has 1 aromatic heterocycles. The molecule has 1 aromatic rings. The van der Waals surface area contributed by atoms with Crippen molar-refractivity contribution in [1.29, 1.82) is 5.26 Å². The first kappa shape index (κ1) is 8.72. The van der Waals surface area contributed by atoms with Crippen molar-refractivity contribution < 1.29 is 0 Å². The van der Waals surface area contributed by atoms with E-state index in [1.807, 2.05) is 18.5 Å². The van der Waals surface area contributed by atoms with Crippen LogP contribution in [0.4, 0.5) is 0 Å². The molecule has 12 heavy (non-hydrogen) atoms. The van der Waals surface area contributed by atoms with E-state index in [4.69, 9.17) is 5.26 Å². The van der Waals surface area contributed by atoms with Gasteiger partial charge in [-0.05, 0) is 13.8 Å². The van der Waals surface area contributed by atoms with E-state index >= 15 is 0 Å². The maximum atomic E-state index is 8.39. The van der Waals surface area contributed by atoms with E-state index in [1.165, 1.54) is 6.33 Å². The SMILES string of the molecule is CC(C)n1ncnc1CCC#N. The third-order valence-electron chi connectivity index (χ3n) is 1.60. The second kappa shape index (κ2) is 3.86. The Labute approximate surface area is 71.8 Å². The lowest BCUT2D eigenvalue weighted by atomic mass is 10.3. The predicted octanol–water partition coefficient (Wildman–Crippen LogP) is 1.32. The Morgan fingerprint density at radius 3 is 3.00 bits per heavy atom. The van der Waals surface area contributed by atoms with Crippen LogP contribution in [0.5, 0.6) is 0 Å². The van der Waals surface area contributed by atoms with Crippen molar-refractivity contribution in [3.05, 3.63) is 12.2 Å². The van der Waals surface area contributed by atoms with E-state index in [2.05, 4.69) is 16.2 Å². The lowest BCUT2D eigenvalue weighted by molar-refractivity contribution is 0.505. The predicted molar refractivity (Wildman–Crippen MR) is 44.3 cm³/mol. The first-order chi connectivity index (χ1) is 5.75. The second-order valence-electron chi connectivity index (χ2n) is 2.87. The Morgan fingerprint density at radius 1 is 1.67 bits per heavy atom. The fourth-order valence-electron chi connectivity index (χ4n) is 1.05. The van der Waals surface area contributed by atoms with Crippen LogP contribution in [-0.4, -0.2) is 14.8 Å². The van der Waals surface area contributed by atoms with E-state index in [1.54, 1.807) is 0 Å². The van der Waals surface area contributed by atoms with Crippen LogP contribution in [-0.2, 0) is 6.42 Å². The molecule has 0 spiro atoms. The molecule has 4 nitrogen and oxygen atoms in total. The molecule has 0 aliphatic rings. The topological polar surface area (TPSA) is 54.5 Å². The zero-order valence-electron chi connectivity index (χ0n) is 7.36. The number of rotatable bonds is 3. The lowest BCUT2D eigenvalue weighted by Gasteiger charge is -2.07. The van der Waals surface area contributed by atoms with Crippen molar-refractivity contribution in [1.82, 2.24) is 14.8 Å². The lowest BCUT2D eigenvalue weighted by Crippen LogP contribution is -2.07. The zero-order chi connectivity index (χ0) is 8.97. The highest BCUT2D eigenvalue weighted by Gasteiger charge is 2.05. The molecule has 0 fully saturated rings. The summed E-state index contributed by atoms with van der Waals surface area (Å²) >= 11 is 0. The highest BCUT2D eigenvalue weighted by Crippen LogP contribution is 2.06. The molecular formula is C8H12N4. The molecule has 1 heterocycles. The van der Waals surface area contributed by atoms with Gasteiger partial charge >= 0.3 is 0 Å². The summed E-state index contributed by atoms with van der Waals surface area (Å²) in [6.07, 6.45) is 2.73. The van der Waals surface area contributed by atoms with Crippen LogP contribution in [0.25, 0.3) is 0 Å². The van der Waals surface area contributed by atoms with E-state index in [0.717, 1.165) is 5.82 Å². The average Bonchev–Trinajstić information content (AvgIpc) is 2.48. The molecule has 0 aliphatic heterocycles. The molecule has 0 atom stereocenters. The number of hydrogen-bond donors (Lipinski definition) is 0. The largest absolute Gasteiger partial charge is 0.248 e. The maximum absolute atomic E-state index is 8.39. The third-order valence-corrected chi connectivity index (χ3v) is 1.60. The van der Waals surface area contributed by atoms with Gasteiger partial charge in [0.2, 0.25) is 0 Å². The van der Waals surface area contributed by atoms with Crippen LogP contribution in [0.2, 0.25) is 0 Å². The van der Waals surface area contributed by atoms with Crippen molar-refractivity contribution >= 4 is 0 Å².